The summed E-state index contributed by atoms with van der Waals surface area (Å²) in [6.45, 7) is 6.47. The van der Waals surface area contributed by atoms with Crippen molar-refractivity contribution >= 4 is 0 Å². The fourth-order valence-corrected chi connectivity index (χ4v) is 1.96. The zero-order valence-corrected chi connectivity index (χ0v) is 11.2. The van der Waals surface area contributed by atoms with Crippen molar-refractivity contribution in [3.63, 3.8) is 0 Å². The SMILES string of the molecule is CC(C)C1=CC=C(OCCCC(F)(F)F)C(C)C1. The van der Waals surface area contributed by atoms with Crippen LogP contribution in [0.2, 0.25) is 0 Å². The fraction of sp³-hybridized carbons (Fsp3) is 0.714. The maximum Gasteiger partial charge on any atom is 0.389 e. The molecule has 0 heterocycles. The molecule has 0 aromatic carbocycles. The minimum atomic E-state index is -4.08. The largest absolute Gasteiger partial charge is 0.498 e. The van der Waals surface area contributed by atoms with Gasteiger partial charge in [-0.1, -0.05) is 32.4 Å². The minimum absolute atomic E-state index is 0.0221. The van der Waals surface area contributed by atoms with Crippen molar-refractivity contribution in [1.82, 2.24) is 0 Å². The summed E-state index contributed by atoms with van der Waals surface area (Å²) in [7, 11) is 0. The molecular weight excluding hydrogens is 241 g/mol. The van der Waals surface area contributed by atoms with Crippen molar-refractivity contribution in [1.29, 1.82) is 0 Å². The lowest BCUT2D eigenvalue weighted by Crippen LogP contribution is -2.13. The lowest BCUT2D eigenvalue weighted by molar-refractivity contribution is -0.137. The number of hydrogen-bond donors (Lipinski definition) is 0. The summed E-state index contributed by atoms with van der Waals surface area (Å²) in [6, 6.07) is 0. The summed E-state index contributed by atoms with van der Waals surface area (Å²) >= 11 is 0. The molecule has 0 aromatic rings. The van der Waals surface area contributed by atoms with E-state index in [0.717, 1.165) is 12.2 Å². The van der Waals surface area contributed by atoms with Gasteiger partial charge < -0.3 is 4.74 Å². The van der Waals surface area contributed by atoms with Crippen molar-refractivity contribution < 1.29 is 17.9 Å². The maximum absolute atomic E-state index is 12.0. The highest BCUT2D eigenvalue weighted by Crippen LogP contribution is 2.30. The van der Waals surface area contributed by atoms with E-state index >= 15 is 0 Å². The number of halogens is 3. The van der Waals surface area contributed by atoms with Gasteiger partial charge in [-0.25, -0.2) is 0 Å². The van der Waals surface area contributed by atoms with Crippen LogP contribution in [0.25, 0.3) is 0 Å². The van der Waals surface area contributed by atoms with Crippen LogP contribution in [0.15, 0.2) is 23.5 Å². The molecular formula is C14H21F3O. The van der Waals surface area contributed by atoms with Gasteiger partial charge in [-0.2, -0.15) is 13.2 Å². The highest BCUT2D eigenvalue weighted by molar-refractivity contribution is 5.24. The van der Waals surface area contributed by atoms with Gasteiger partial charge in [0.25, 0.3) is 0 Å². The number of rotatable bonds is 5. The molecule has 1 aliphatic carbocycles. The first-order valence-electron chi connectivity index (χ1n) is 6.40. The van der Waals surface area contributed by atoms with Gasteiger partial charge in [-0.15, -0.1) is 0 Å². The Balaban J connectivity index is 2.39. The molecule has 0 saturated carbocycles. The Kier molecular flexibility index (Phi) is 5.29. The van der Waals surface area contributed by atoms with E-state index in [-0.39, 0.29) is 18.9 Å². The van der Waals surface area contributed by atoms with E-state index in [2.05, 4.69) is 13.8 Å². The molecule has 0 aliphatic heterocycles. The second-order valence-electron chi connectivity index (χ2n) is 5.14. The summed E-state index contributed by atoms with van der Waals surface area (Å²) in [5, 5.41) is 0. The minimum Gasteiger partial charge on any atom is -0.498 e. The topological polar surface area (TPSA) is 9.23 Å². The van der Waals surface area contributed by atoms with Crippen LogP contribution in [-0.2, 0) is 4.74 Å². The van der Waals surface area contributed by atoms with E-state index in [1.54, 1.807) is 0 Å². The van der Waals surface area contributed by atoms with Crippen LogP contribution in [0, 0.1) is 11.8 Å². The Labute approximate surface area is 107 Å². The Morgan fingerprint density at radius 1 is 1.33 bits per heavy atom. The molecule has 1 rings (SSSR count). The molecule has 0 saturated heterocycles. The van der Waals surface area contributed by atoms with Gasteiger partial charge in [0.05, 0.1) is 12.4 Å². The monoisotopic (exact) mass is 262 g/mol. The van der Waals surface area contributed by atoms with E-state index in [9.17, 15) is 13.2 Å². The first-order chi connectivity index (χ1) is 8.29. The lowest BCUT2D eigenvalue weighted by atomic mass is 9.88. The average molecular weight is 262 g/mol. The van der Waals surface area contributed by atoms with Crippen LogP contribution in [-0.4, -0.2) is 12.8 Å². The molecule has 1 unspecified atom stereocenters. The highest BCUT2D eigenvalue weighted by Gasteiger charge is 2.26. The van der Waals surface area contributed by atoms with E-state index < -0.39 is 12.6 Å². The summed E-state index contributed by atoms with van der Waals surface area (Å²) in [5.74, 6) is 1.58. The van der Waals surface area contributed by atoms with Gasteiger partial charge in [-0.3, -0.25) is 0 Å². The summed E-state index contributed by atoms with van der Waals surface area (Å²) in [6.07, 6.45) is 0.0281. The van der Waals surface area contributed by atoms with Crippen molar-refractivity contribution in [2.45, 2.75) is 46.2 Å². The van der Waals surface area contributed by atoms with Gasteiger partial charge in [0, 0.05) is 12.3 Å². The smallest absolute Gasteiger partial charge is 0.389 e. The quantitative estimate of drug-likeness (QED) is 0.643. The zero-order valence-electron chi connectivity index (χ0n) is 11.2. The first kappa shape index (κ1) is 15.1. The van der Waals surface area contributed by atoms with Gasteiger partial charge in [0.2, 0.25) is 0 Å². The van der Waals surface area contributed by atoms with Crippen LogP contribution < -0.4 is 0 Å². The number of allylic oxidation sites excluding steroid dienone is 4. The molecule has 0 amide bonds. The first-order valence-corrected chi connectivity index (χ1v) is 6.40. The second kappa shape index (κ2) is 6.30. The standard InChI is InChI=1S/C14H21F3O/c1-10(2)12-5-6-13(11(3)9-12)18-8-4-7-14(15,16)17/h5-6,10-11H,4,7-9H2,1-3H3. The molecule has 0 spiro atoms. The van der Waals surface area contributed by atoms with E-state index in [1.807, 2.05) is 19.1 Å². The van der Waals surface area contributed by atoms with Crippen molar-refractivity contribution in [3.05, 3.63) is 23.5 Å². The molecule has 1 nitrogen and oxygen atoms in total. The molecule has 18 heavy (non-hydrogen) atoms. The summed E-state index contributed by atoms with van der Waals surface area (Å²) in [5.41, 5.74) is 1.37. The van der Waals surface area contributed by atoms with Gasteiger partial charge >= 0.3 is 6.18 Å². The van der Waals surface area contributed by atoms with Gasteiger partial charge in [-0.05, 0) is 24.8 Å². The van der Waals surface area contributed by atoms with Crippen LogP contribution >= 0.6 is 0 Å². The third kappa shape index (κ3) is 5.15. The highest BCUT2D eigenvalue weighted by atomic mass is 19.4. The predicted octanol–water partition coefficient (Wildman–Crippen LogP) is 4.85. The Hall–Kier alpha value is -0.930. The molecule has 104 valence electrons. The molecule has 1 aliphatic rings. The van der Waals surface area contributed by atoms with Gasteiger partial charge in [0.15, 0.2) is 0 Å². The predicted molar refractivity (Wildman–Crippen MR) is 66.0 cm³/mol. The molecule has 0 bridgehead atoms. The van der Waals surface area contributed by atoms with Crippen LogP contribution in [0.5, 0.6) is 0 Å². The molecule has 1 atom stereocenters. The van der Waals surface area contributed by atoms with Crippen LogP contribution in [0.3, 0.4) is 0 Å². The fourth-order valence-electron chi connectivity index (χ4n) is 1.96. The Morgan fingerprint density at radius 3 is 2.50 bits per heavy atom. The van der Waals surface area contributed by atoms with E-state index in [1.165, 1.54) is 5.57 Å². The maximum atomic E-state index is 12.0. The van der Waals surface area contributed by atoms with E-state index in [0.29, 0.717) is 5.92 Å². The van der Waals surface area contributed by atoms with Gasteiger partial charge in [0.1, 0.15) is 0 Å². The molecule has 0 aromatic heterocycles. The second-order valence-corrected chi connectivity index (χ2v) is 5.14. The lowest BCUT2D eigenvalue weighted by Gasteiger charge is -2.24. The summed E-state index contributed by atoms with van der Waals surface area (Å²) in [4.78, 5) is 0. The normalized spacial score (nSPS) is 20.7. The molecule has 0 N–H and O–H groups in total. The Morgan fingerprint density at radius 2 is 2.00 bits per heavy atom. The third-order valence-corrected chi connectivity index (χ3v) is 3.10. The number of ether oxygens (including phenoxy) is 1. The van der Waals surface area contributed by atoms with Crippen molar-refractivity contribution in [3.8, 4) is 0 Å². The molecule has 4 heteroatoms. The van der Waals surface area contributed by atoms with E-state index in [4.69, 9.17) is 4.74 Å². The summed E-state index contributed by atoms with van der Waals surface area (Å²) < 4.78 is 41.3. The third-order valence-electron chi connectivity index (χ3n) is 3.10. The Bertz CT molecular complexity index is 326. The zero-order chi connectivity index (χ0) is 13.8. The van der Waals surface area contributed by atoms with Crippen molar-refractivity contribution in [2.75, 3.05) is 6.61 Å². The molecule has 0 fully saturated rings. The average Bonchev–Trinajstić information content (AvgIpc) is 2.24. The van der Waals surface area contributed by atoms with Crippen molar-refractivity contribution in [2.24, 2.45) is 11.8 Å². The number of hydrogen-bond acceptors (Lipinski definition) is 1. The number of alkyl halides is 3. The molecule has 0 radical (unpaired) electrons. The van der Waals surface area contributed by atoms with Crippen LogP contribution in [0.1, 0.15) is 40.0 Å². The van der Waals surface area contributed by atoms with Crippen LogP contribution in [0.4, 0.5) is 13.2 Å².